The van der Waals surface area contributed by atoms with Gasteiger partial charge in [0.05, 0.1) is 16.8 Å². The van der Waals surface area contributed by atoms with Gasteiger partial charge in [-0.3, -0.25) is 14.4 Å². The molecule has 1 fully saturated rings. The van der Waals surface area contributed by atoms with Crippen LogP contribution in [0.4, 0.5) is 11.5 Å². The van der Waals surface area contributed by atoms with E-state index >= 15 is 0 Å². The van der Waals surface area contributed by atoms with Crippen LogP contribution in [-0.4, -0.2) is 51.8 Å². The molecule has 1 aromatic carbocycles. The lowest BCUT2D eigenvalue weighted by molar-refractivity contribution is 0.0955. The highest BCUT2D eigenvalue weighted by molar-refractivity contribution is 7.14. The Morgan fingerprint density at radius 1 is 1.18 bits per heavy atom. The molecular formula is C25H29N7OS. The molecule has 0 spiro atoms. The standard InChI is InChI=1S/C25H29N7OS/c1-17-11-22(25(33)28-13-18-3-4-21-19(12-18)5-6-27-24(21)26)34-23(17)16-31-7-9-32(10-8-31)20-14-29-30(2)15-20/h3-6,11-12,14-15H,7-10,13,16H2,1-2H3,(H2,26,27)(H,28,33). The second-order valence-corrected chi connectivity index (χ2v) is 9.92. The van der Waals surface area contributed by atoms with Gasteiger partial charge in [0.2, 0.25) is 0 Å². The van der Waals surface area contributed by atoms with Crippen molar-refractivity contribution in [1.29, 1.82) is 0 Å². The number of rotatable bonds is 6. The second-order valence-electron chi connectivity index (χ2n) is 8.79. The zero-order chi connectivity index (χ0) is 23.7. The van der Waals surface area contributed by atoms with Crippen molar-refractivity contribution in [2.24, 2.45) is 7.05 Å². The van der Waals surface area contributed by atoms with Gasteiger partial charge in [0, 0.05) is 69.0 Å². The molecule has 3 aromatic heterocycles. The van der Waals surface area contributed by atoms with Gasteiger partial charge < -0.3 is 16.0 Å². The number of carbonyl (C=O) groups excluding carboxylic acids is 1. The SMILES string of the molecule is Cc1cc(C(=O)NCc2ccc3c(N)nccc3c2)sc1CN1CCN(c2cnn(C)c2)CC1. The summed E-state index contributed by atoms with van der Waals surface area (Å²) < 4.78 is 1.84. The number of pyridine rings is 1. The summed E-state index contributed by atoms with van der Waals surface area (Å²) in [4.78, 5) is 23.8. The average molecular weight is 476 g/mol. The van der Waals surface area contributed by atoms with Gasteiger partial charge >= 0.3 is 0 Å². The molecule has 4 heterocycles. The number of nitrogens with zero attached hydrogens (tertiary/aromatic N) is 5. The highest BCUT2D eigenvalue weighted by Crippen LogP contribution is 2.25. The zero-order valence-electron chi connectivity index (χ0n) is 19.5. The van der Waals surface area contributed by atoms with Gasteiger partial charge in [-0.25, -0.2) is 4.98 Å². The van der Waals surface area contributed by atoms with E-state index in [0.29, 0.717) is 12.4 Å². The number of thiophene rings is 1. The molecule has 0 aliphatic carbocycles. The second kappa shape index (κ2) is 9.44. The number of nitrogens with two attached hydrogens (primary N) is 1. The number of benzene rings is 1. The molecule has 1 aliphatic rings. The third-order valence-corrected chi connectivity index (χ3v) is 7.57. The number of aromatic nitrogens is 3. The molecule has 176 valence electrons. The van der Waals surface area contributed by atoms with Gasteiger partial charge in [-0.15, -0.1) is 11.3 Å². The van der Waals surface area contributed by atoms with Crippen LogP contribution < -0.4 is 16.0 Å². The molecule has 5 rings (SSSR count). The summed E-state index contributed by atoms with van der Waals surface area (Å²) in [6.07, 6.45) is 5.69. The third-order valence-electron chi connectivity index (χ3n) is 6.35. The third kappa shape index (κ3) is 4.76. The lowest BCUT2D eigenvalue weighted by Crippen LogP contribution is -2.45. The zero-order valence-corrected chi connectivity index (χ0v) is 20.3. The monoisotopic (exact) mass is 475 g/mol. The number of anilines is 2. The molecule has 9 heteroatoms. The molecule has 8 nitrogen and oxygen atoms in total. The first kappa shape index (κ1) is 22.4. The van der Waals surface area contributed by atoms with Crippen LogP contribution >= 0.6 is 11.3 Å². The van der Waals surface area contributed by atoms with Gasteiger partial charge in [0.15, 0.2) is 0 Å². The van der Waals surface area contributed by atoms with E-state index in [9.17, 15) is 4.79 Å². The summed E-state index contributed by atoms with van der Waals surface area (Å²) in [5, 5.41) is 9.29. The van der Waals surface area contributed by atoms with Crippen molar-refractivity contribution in [3.63, 3.8) is 0 Å². The first-order chi connectivity index (χ1) is 16.5. The van der Waals surface area contributed by atoms with Gasteiger partial charge in [-0.1, -0.05) is 12.1 Å². The molecule has 4 aromatic rings. The van der Waals surface area contributed by atoms with Crippen molar-refractivity contribution in [2.75, 3.05) is 36.8 Å². The minimum absolute atomic E-state index is 0.0323. The molecule has 0 radical (unpaired) electrons. The smallest absolute Gasteiger partial charge is 0.261 e. The summed E-state index contributed by atoms with van der Waals surface area (Å²) in [5.41, 5.74) is 9.33. The Bertz CT molecular complexity index is 1320. The van der Waals surface area contributed by atoms with Crippen molar-refractivity contribution in [3.8, 4) is 0 Å². The van der Waals surface area contributed by atoms with E-state index in [-0.39, 0.29) is 5.91 Å². The Kier molecular flexibility index (Phi) is 6.21. The summed E-state index contributed by atoms with van der Waals surface area (Å²) in [7, 11) is 1.95. The number of hydrogen-bond acceptors (Lipinski definition) is 7. The minimum Gasteiger partial charge on any atom is -0.383 e. The predicted molar refractivity (Wildman–Crippen MR) is 137 cm³/mol. The molecule has 1 saturated heterocycles. The molecule has 0 atom stereocenters. The van der Waals surface area contributed by atoms with Gasteiger partial charge in [0.1, 0.15) is 5.82 Å². The maximum atomic E-state index is 12.8. The van der Waals surface area contributed by atoms with Crippen molar-refractivity contribution >= 4 is 39.5 Å². The summed E-state index contributed by atoms with van der Waals surface area (Å²) in [5.74, 6) is 0.489. The van der Waals surface area contributed by atoms with Crippen LogP contribution in [0.1, 0.15) is 25.7 Å². The predicted octanol–water partition coefficient (Wildman–Crippen LogP) is 3.17. The molecule has 1 aliphatic heterocycles. The average Bonchev–Trinajstić information content (AvgIpc) is 3.43. The van der Waals surface area contributed by atoms with Crippen molar-refractivity contribution in [2.45, 2.75) is 20.0 Å². The molecule has 0 bridgehead atoms. The van der Waals surface area contributed by atoms with Crippen LogP contribution in [0.25, 0.3) is 10.8 Å². The molecule has 3 N–H and O–H groups in total. The highest BCUT2D eigenvalue weighted by atomic mass is 32.1. The number of piperazine rings is 1. The van der Waals surface area contributed by atoms with E-state index in [4.69, 9.17) is 5.73 Å². The quantitative estimate of drug-likeness (QED) is 0.445. The summed E-state index contributed by atoms with van der Waals surface area (Å²) in [6, 6.07) is 9.93. The van der Waals surface area contributed by atoms with Crippen LogP contribution in [0.3, 0.4) is 0 Å². The lowest BCUT2D eigenvalue weighted by Gasteiger charge is -2.35. The van der Waals surface area contributed by atoms with Crippen LogP contribution in [0.5, 0.6) is 0 Å². The highest BCUT2D eigenvalue weighted by Gasteiger charge is 2.20. The fraction of sp³-hybridized carbons (Fsp3) is 0.320. The fourth-order valence-electron chi connectivity index (χ4n) is 4.36. The number of carbonyl (C=O) groups is 1. The lowest BCUT2D eigenvalue weighted by atomic mass is 10.1. The van der Waals surface area contributed by atoms with Crippen molar-refractivity contribution < 1.29 is 4.79 Å². The van der Waals surface area contributed by atoms with Crippen LogP contribution in [0.15, 0.2) is 48.9 Å². The summed E-state index contributed by atoms with van der Waals surface area (Å²) in [6.45, 7) is 7.40. The van der Waals surface area contributed by atoms with E-state index in [2.05, 4.69) is 38.3 Å². The molecule has 34 heavy (non-hydrogen) atoms. The molecular weight excluding hydrogens is 446 g/mol. The van der Waals surface area contributed by atoms with Crippen LogP contribution in [0, 0.1) is 6.92 Å². The first-order valence-corrected chi connectivity index (χ1v) is 12.2. The van der Waals surface area contributed by atoms with E-state index in [1.807, 2.05) is 48.3 Å². The summed E-state index contributed by atoms with van der Waals surface area (Å²) >= 11 is 1.60. The van der Waals surface area contributed by atoms with Gasteiger partial charge in [-0.2, -0.15) is 5.10 Å². The Hall–Kier alpha value is -3.43. The number of fused-ring (bicyclic) bond motifs is 1. The number of hydrogen-bond donors (Lipinski definition) is 2. The molecule has 1 amide bonds. The van der Waals surface area contributed by atoms with Crippen molar-refractivity contribution in [3.05, 3.63) is 69.8 Å². The van der Waals surface area contributed by atoms with Crippen molar-refractivity contribution in [1.82, 2.24) is 25.0 Å². The Morgan fingerprint density at radius 3 is 2.76 bits per heavy atom. The Balaban J connectivity index is 1.17. The minimum atomic E-state index is -0.0323. The molecule has 0 unspecified atom stereocenters. The topological polar surface area (TPSA) is 92.3 Å². The maximum absolute atomic E-state index is 12.8. The fourth-order valence-corrected chi connectivity index (χ4v) is 5.49. The Labute approximate surface area is 203 Å². The number of nitrogen functional groups attached to an aromatic ring is 1. The van der Waals surface area contributed by atoms with Crippen LogP contribution in [0.2, 0.25) is 0 Å². The maximum Gasteiger partial charge on any atom is 0.261 e. The van der Waals surface area contributed by atoms with E-state index in [1.54, 1.807) is 17.5 Å². The van der Waals surface area contributed by atoms with E-state index in [1.165, 1.54) is 16.1 Å². The first-order valence-electron chi connectivity index (χ1n) is 11.4. The molecule has 0 saturated carbocycles. The van der Waals surface area contributed by atoms with Gasteiger partial charge in [-0.05, 0) is 41.6 Å². The van der Waals surface area contributed by atoms with E-state index in [0.717, 1.165) is 53.9 Å². The van der Waals surface area contributed by atoms with Gasteiger partial charge in [0.25, 0.3) is 5.91 Å². The Morgan fingerprint density at radius 2 is 2.00 bits per heavy atom. The number of amides is 1. The largest absolute Gasteiger partial charge is 0.383 e. The normalized spacial score (nSPS) is 14.6. The van der Waals surface area contributed by atoms with E-state index < -0.39 is 0 Å². The number of nitrogens with one attached hydrogen (secondary N) is 1. The van der Waals surface area contributed by atoms with Crippen LogP contribution in [-0.2, 0) is 20.1 Å². The number of aryl methyl sites for hydroxylation is 2.